The number of aromatic nitrogens is 4. The van der Waals surface area contributed by atoms with Crippen LogP contribution in [-0.2, 0) is 4.79 Å². The Bertz CT molecular complexity index is 940. The van der Waals surface area contributed by atoms with E-state index in [2.05, 4.69) is 25.7 Å². The summed E-state index contributed by atoms with van der Waals surface area (Å²) in [4.78, 5) is 33.1. The van der Waals surface area contributed by atoms with Crippen LogP contribution in [0.2, 0.25) is 0 Å². The largest absolute Gasteiger partial charge is 0.340 e. The van der Waals surface area contributed by atoms with Crippen molar-refractivity contribution in [3.8, 4) is 5.82 Å². The number of carbonyl (C=O) groups is 2. The Balaban J connectivity index is 1.67. The second-order valence-electron chi connectivity index (χ2n) is 6.44. The lowest BCUT2D eigenvalue weighted by molar-refractivity contribution is -0.118. The Morgan fingerprint density at radius 2 is 1.86 bits per heavy atom. The lowest BCUT2D eigenvalue weighted by Gasteiger charge is -2.21. The standard InChI is InChI=1S/C19H19FN6O2/c1-12(2)17(25-18(27)13-3-5-14(20)6-4-13)19(28)24-15-7-8-16(22-9-15)26-11-21-10-23-26/h3-12,17H,1-2H3,(H,24,28)(H,25,27). The fraction of sp³-hybridized carbons (Fsp3) is 0.211. The molecule has 0 saturated carbocycles. The van der Waals surface area contributed by atoms with Gasteiger partial charge in [-0.3, -0.25) is 9.59 Å². The normalized spacial score (nSPS) is 11.9. The van der Waals surface area contributed by atoms with E-state index in [-0.39, 0.29) is 17.4 Å². The Hall–Kier alpha value is -3.62. The highest BCUT2D eigenvalue weighted by molar-refractivity contribution is 6.01. The van der Waals surface area contributed by atoms with Gasteiger partial charge in [-0.1, -0.05) is 13.8 Å². The van der Waals surface area contributed by atoms with E-state index in [9.17, 15) is 14.0 Å². The highest BCUT2D eigenvalue weighted by Gasteiger charge is 2.25. The summed E-state index contributed by atoms with van der Waals surface area (Å²) in [5.41, 5.74) is 0.759. The molecule has 0 aliphatic rings. The van der Waals surface area contributed by atoms with Crippen LogP contribution >= 0.6 is 0 Å². The van der Waals surface area contributed by atoms with Crippen LogP contribution in [0.1, 0.15) is 24.2 Å². The zero-order valence-corrected chi connectivity index (χ0v) is 15.3. The van der Waals surface area contributed by atoms with Gasteiger partial charge in [0.1, 0.15) is 24.5 Å². The summed E-state index contributed by atoms with van der Waals surface area (Å²) in [5, 5.41) is 9.41. The molecule has 0 radical (unpaired) electrons. The fourth-order valence-electron chi connectivity index (χ4n) is 2.50. The number of benzene rings is 1. The molecule has 2 aromatic heterocycles. The molecule has 2 heterocycles. The first kappa shape index (κ1) is 19.2. The molecular formula is C19H19FN6O2. The first-order chi connectivity index (χ1) is 13.4. The van der Waals surface area contributed by atoms with Crippen molar-refractivity contribution >= 4 is 17.5 Å². The summed E-state index contributed by atoms with van der Waals surface area (Å²) in [6, 6.07) is 7.73. The van der Waals surface area contributed by atoms with Crippen molar-refractivity contribution in [3.63, 3.8) is 0 Å². The molecule has 3 rings (SSSR count). The van der Waals surface area contributed by atoms with E-state index in [0.29, 0.717) is 11.5 Å². The van der Waals surface area contributed by atoms with Gasteiger partial charge in [0.05, 0.1) is 11.9 Å². The van der Waals surface area contributed by atoms with E-state index in [1.807, 2.05) is 13.8 Å². The van der Waals surface area contributed by atoms with Gasteiger partial charge in [-0.2, -0.15) is 5.10 Å². The van der Waals surface area contributed by atoms with Gasteiger partial charge in [-0.15, -0.1) is 0 Å². The summed E-state index contributed by atoms with van der Waals surface area (Å²) < 4.78 is 14.5. The average molecular weight is 382 g/mol. The molecule has 0 aliphatic carbocycles. The van der Waals surface area contributed by atoms with Crippen LogP contribution < -0.4 is 10.6 Å². The molecule has 9 heteroatoms. The quantitative estimate of drug-likeness (QED) is 0.680. The van der Waals surface area contributed by atoms with Crippen LogP contribution in [0.15, 0.2) is 55.2 Å². The maximum Gasteiger partial charge on any atom is 0.251 e. The third-order valence-electron chi connectivity index (χ3n) is 4.01. The van der Waals surface area contributed by atoms with Crippen molar-refractivity contribution in [1.29, 1.82) is 0 Å². The minimum Gasteiger partial charge on any atom is -0.340 e. The molecule has 1 aromatic carbocycles. The van der Waals surface area contributed by atoms with Crippen molar-refractivity contribution in [2.75, 3.05) is 5.32 Å². The molecule has 144 valence electrons. The van der Waals surface area contributed by atoms with Crippen molar-refractivity contribution in [2.45, 2.75) is 19.9 Å². The number of hydrogen-bond acceptors (Lipinski definition) is 5. The summed E-state index contributed by atoms with van der Waals surface area (Å²) >= 11 is 0. The number of hydrogen-bond donors (Lipinski definition) is 2. The van der Waals surface area contributed by atoms with Crippen molar-refractivity contribution in [1.82, 2.24) is 25.1 Å². The fourth-order valence-corrected chi connectivity index (χ4v) is 2.50. The van der Waals surface area contributed by atoms with Gasteiger partial charge in [0.2, 0.25) is 5.91 Å². The van der Waals surface area contributed by atoms with Gasteiger partial charge in [-0.25, -0.2) is 19.0 Å². The Morgan fingerprint density at radius 3 is 2.43 bits per heavy atom. The third kappa shape index (κ3) is 4.56. The van der Waals surface area contributed by atoms with Crippen LogP contribution in [0, 0.1) is 11.7 Å². The second kappa shape index (κ2) is 8.38. The molecular weight excluding hydrogens is 363 g/mol. The number of halogens is 1. The van der Waals surface area contributed by atoms with Crippen LogP contribution in [0.5, 0.6) is 0 Å². The lowest BCUT2D eigenvalue weighted by atomic mass is 10.0. The highest BCUT2D eigenvalue weighted by atomic mass is 19.1. The Morgan fingerprint density at radius 1 is 1.11 bits per heavy atom. The second-order valence-corrected chi connectivity index (χ2v) is 6.44. The molecule has 0 aliphatic heterocycles. The van der Waals surface area contributed by atoms with Crippen molar-refractivity contribution < 1.29 is 14.0 Å². The molecule has 3 aromatic rings. The van der Waals surface area contributed by atoms with E-state index in [1.54, 1.807) is 12.1 Å². The Labute approximate surface area is 160 Å². The van der Waals surface area contributed by atoms with Crippen LogP contribution in [0.3, 0.4) is 0 Å². The zero-order valence-electron chi connectivity index (χ0n) is 15.3. The molecule has 8 nitrogen and oxygen atoms in total. The number of rotatable bonds is 6. The first-order valence-electron chi connectivity index (χ1n) is 8.62. The smallest absolute Gasteiger partial charge is 0.251 e. The molecule has 28 heavy (non-hydrogen) atoms. The minimum atomic E-state index is -0.771. The van der Waals surface area contributed by atoms with Crippen LogP contribution in [-0.4, -0.2) is 37.6 Å². The minimum absolute atomic E-state index is 0.160. The molecule has 0 spiro atoms. The summed E-state index contributed by atoms with van der Waals surface area (Å²) in [5.74, 6) is -0.863. The van der Waals surface area contributed by atoms with Gasteiger partial charge in [0, 0.05) is 5.56 Å². The summed E-state index contributed by atoms with van der Waals surface area (Å²) in [7, 11) is 0. The highest BCUT2D eigenvalue weighted by Crippen LogP contribution is 2.12. The molecule has 0 fully saturated rings. The summed E-state index contributed by atoms with van der Waals surface area (Å²) in [6.07, 6.45) is 4.41. The van der Waals surface area contributed by atoms with E-state index in [4.69, 9.17) is 0 Å². The maximum absolute atomic E-state index is 13.0. The predicted octanol–water partition coefficient (Wildman–Crippen LogP) is 2.19. The van der Waals surface area contributed by atoms with E-state index >= 15 is 0 Å². The Kier molecular flexibility index (Phi) is 5.73. The SMILES string of the molecule is CC(C)C(NC(=O)c1ccc(F)cc1)C(=O)Nc1ccc(-n2cncn2)nc1. The zero-order chi connectivity index (χ0) is 20.1. The average Bonchev–Trinajstić information content (AvgIpc) is 3.21. The van der Waals surface area contributed by atoms with Gasteiger partial charge in [0.25, 0.3) is 5.91 Å². The van der Waals surface area contributed by atoms with Crippen molar-refractivity contribution in [2.24, 2.45) is 5.92 Å². The van der Waals surface area contributed by atoms with Gasteiger partial charge >= 0.3 is 0 Å². The number of carbonyl (C=O) groups excluding carboxylic acids is 2. The molecule has 0 bridgehead atoms. The summed E-state index contributed by atoms with van der Waals surface area (Å²) in [6.45, 7) is 3.64. The molecule has 2 amide bonds. The van der Waals surface area contributed by atoms with Gasteiger partial charge in [0.15, 0.2) is 5.82 Å². The molecule has 1 atom stereocenters. The number of amides is 2. The van der Waals surface area contributed by atoms with E-state index in [0.717, 1.165) is 0 Å². The number of pyridine rings is 1. The van der Waals surface area contributed by atoms with Crippen molar-refractivity contribution in [3.05, 3.63) is 66.6 Å². The maximum atomic E-state index is 13.0. The van der Waals surface area contributed by atoms with Crippen LogP contribution in [0.25, 0.3) is 5.82 Å². The van der Waals surface area contributed by atoms with Crippen LogP contribution in [0.4, 0.5) is 10.1 Å². The van der Waals surface area contributed by atoms with E-state index in [1.165, 1.54) is 47.8 Å². The lowest BCUT2D eigenvalue weighted by Crippen LogP contribution is -2.47. The van der Waals surface area contributed by atoms with Gasteiger partial charge in [-0.05, 0) is 42.3 Å². The van der Waals surface area contributed by atoms with Gasteiger partial charge < -0.3 is 10.6 Å². The number of nitrogens with one attached hydrogen (secondary N) is 2. The third-order valence-corrected chi connectivity index (χ3v) is 4.01. The number of nitrogens with zero attached hydrogens (tertiary/aromatic N) is 4. The molecule has 2 N–H and O–H groups in total. The first-order valence-corrected chi connectivity index (χ1v) is 8.62. The monoisotopic (exact) mass is 382 g/mol. The topological polar surface area (TPSA) is 102 Å². The number of anilines is 1. The van der Waals surface area contributed by atoms with E-state index < -0.39 is 17.8 Å². The molecule has 0 saturated heterocycles. The molecule has 1 unspecified atom stereocenters. The predicted molar refractivity (Wildman–Crippen MR) is 100 cm³/mol.